The lowest BCUT2D eigenvalue weighted by Crippen LogP contribution is -2.15. The van der Waals surface area contributed by atoms with Gasteiger partial charge in [0.05, 0.1) is 5.69 Å². The maximum Gasteiger partial charge on any atom is 0.0637 e. The van der Waals surface area contributed by atoms with E-state index < -0.39 is 0 Å². The predicted octanol–water partition coefficient (Wildman–Crippen LogP) is 8.84. The molecule has 160 valence electrons. The lowest BCUT2D eigenvalue weighted by Gasteiger charge is -2.29. The van der Waals surface area contributed by atoms with Crippen molar-refractivity contribution in [1.29, 1.82) is 0 Å². The Labute approximate surface area is 196 Å². The average molecular weight is 436 g/mol. The van der Waals surface area contributed by atoms with Gasteiger partial charge in [-0.15, -0.1) is 0 Å². The van der Waals surface area contributed by atoms with Crippen molar-refractivity contribution in [3.05, 3.63) is 120 Å². The smallest absolute Gasteiger partial charge is 0.0637 e. The van der Waals surface area contributed by atoms with Crippen LogP contribution in [-0.4, -0.2) is 7.05 Å². The standard InChI is InChI=1S/C30H29NS/c1-6-12-23(13-7-2)24-18-17-22(4)27-25-15-8-9-16-26(25)28-21(3)14-10-11-19-32-30(28)29(27)31(5)20-24/h6,8-12,14-20H,1,3-4,7,13H2,2,5H3/b14-10-,18-17-,19-11-,23-12+,24-20+. The van der Waals surface area contributed by atoms with Crippen LogP contribution in [0.15, 0.2) is 114 Å². The van der Waals surface area contributed by atoms with Gasteiger partial charge in [-0.05, 0) is 44.9 Å². The highest BCUT2D eigenvalue weighted by Crippen LogP contribution is 2.48. The van der Waals surface area contributed by atoms with Crippen LogP contribution in [0, 0.1) is 0 Å². The van der Waals surface area contributed by atoms with E-state index >= 15 is 0 Å². The Balaban J connectivity index is 2.07. The Hall–Kier alpha value is -3.23. The van der Waals surface area contributed by atoms with Crippen molar-refractivity contribution >= 4 is 39.4 Å². The Morgan fingerprint density at radius 2 is 1.72 bits per heavy atom. The molecule has 0 amide bonds. The molecular weight excluding hydrogens is 406 g/mol. The molecule has 0 spiro atoms. The zero-order valence-electron chi connectivity index (χ0n) is 18.9. The summed E-state index contributed by atoms with van der Waals surface area (Å²) in [6, 6.07) is 8.60. The molecule has 0 aliphatic carbocycles. The first-order chi connectivity index (χ1) is 15.6. The van der Waals surface area contributed by atoms with Crippen molar-refractivity contribution in [1.82, 2.24) is 0 Å². The number of rotatable bonds is 4. The van der Waals surface area contributed by atoms with Gasteiger partial charge in [0.25, 0.3) is 0 Å². The van der Waals surface area contributed by atoms with E-state index in [-0.39, 0.29) is 0 Å². The van der Waals surface area contributed by atoms with Gasteiger partial charge in [-0.1, -0.05) is 112 Å². The Kier molecular flexibility index (Phi) is 6.53. The number of fused-ring (bicyclic) bond motifs is 6. The van der Waals surface area contributed by atoms with E-state index in [4.69, 9.17) is 0 Å². The van der Waals surface area contributed by atoms with E-state index in [0.717, 1.165) is 24.0 Å². The van der Waals surface area contributed by atoms with Gasteiger partial charge in [0.2, 0.25) is 0 Å². The van der Waals surface area contributed by atoms with Crippen LogP contribution in [0.3, 0.4) is 0 Å². The summed E-state index contributed by atoms with van der Waals surface area (Å²) in [5.74, 6) is 0. The fourth-order valence-electron chi connectivity index (χ4n) is 4.42. The molecule has 32 heavy (non-hydrogen) atoms. The summed E-state index contributed by atoms with van der Waals surface area (Å²) < 4.78 is 0. The molecule has 2 aromatic carbocycles. The van der Waals surface area contributed by atoms with Crippen LogP contribution in [-0.2, 0) is 0 Å². The van der Waals surface area contributed by atoms with Crippen molar-refractivity contribution in [2.75, 3.05) is 11.9 Å². The Morgan fingerprint density at radius 3 is 2.44 bits per heavy atom. The molecule has 1 nitrogen and oxygen atoms in total. The highest BCUT2D eigenvalue weighted by atomic mass is 32.2. The maximum absolute atomic E-state index is 4.49. The van der Waals surface area contributed by atoms with Crippen molar-refractivity contribution in [3.8, 4) is 0 Å². The minimum absolute atomic E-state index is 1.00. The molecule has 0 N–H and O–H groups in total. The number of allylic oxidation sites excluding steroid dienone is 11. The number of hydrogen-bond acceptors (Lipinski definition) is 2. The molecular formula is C30H29NS. The molecule has 2 aliphatic rings. The largest absolute Gasteiger partial charge is 0.349 e. The fourth-order valence-corrected chi connectivity index (χ4v) is 5.44. The van der Waals surface area contributed by atoms with E-state index in [1.165, 1.54) is 43.6 Å². The predicted molar refractivity (Wildman–Crippen MR) is 145 cm³/mol. The quantitative estimate of drug-likeness (QED) is 0.441. The first-order valence-electron chi connectivity index (χ1n) is 11.0. The zero-order valence-corrected chi connectivity index (χ0v) is 19.7. The summed E-state index contributed by atoms with van der Waals surface area (Å²) in [6.07, 6.45) is 18.9. The average Bonchev–Trinajstić information content (AvgIpc) is 2.77. The SMILES string of the molecule is C=C/C=C(CCC)/C1=C/N(C)c2c3c(c4ccccc4c2C(=C)/C=C\1)C(=C)/C=C\C=C/S3. The highest BCUT2D eigenvalue weighted by Gasteiger charge is 2.24. The Morgan fingerprint density at radius 1 is 1.00 bits per heavy atom. The molecule has 0 fully saturated rings. The zero-order chi connectivity index (χ0) is 22.7. The molecule has 0 saturated carbocycles. The van der Waals surface area contributed by atoms with Crippen molar-refractivity contribution < 1.29 is 0 Å². The third-order valence-electron chi connectivity index (χ3n) is 5.82. The molecule has 2 heterocycles. The first kappa shape index (κ1) is 22.0. The molecule has 0 saturated heterocycles. The molecule has 2 aromatic rings. The van der Waals surface area contributed by atoms with Crippen LogP contribution >= 0.6 is 11.8 Å². The van der Waals surface area contributed by atoms with Gasteiger partial charge in [0, 0.05) is 29.3 Å². The lowest BCUT2D eigenvalue weighted by molar-refractivity contribution is 0.915. The number of thioether (sulfide) groups is 1. The van der Waals surface area contributed by atoms with Crippen LogP contribution in [0.4, 0.5) is 5.69 Å². The molecule has 0 unspecified atom stereocenters. The van der Waals surface area contributed by atoms with E-state index in [9.17, 15) is 0 Å². The molecule has 2 heteroatoms. The van der Waals surface area contributed by atoms with Gasteiger partial charge in [-0.3, -0.25) is 0 Å². The molecule has 0 atom stereocenters. The number of nitrogens with zero attached hydrogens (tertiary/aromatic N) is 1. The van der Waals surface area contributed by atoms with E-state index in [0.29, 0.717) is 0 Å². The summed E-state index contributed by atoms with van der Waals surface area (Å²) in [6.45, 7) is 15.0. The monoisotopic (exact) mass is 435 g/mol. The summed E-state index contributed by atoms with van der Waals surface area (Å²) in [7, 11) is 2.14. The van der Waals surface area contributed by atoms with Crippen molar-refractivity contribution in [3.63, 3.8) is 0 Å². The van der Waals surface area contributed by atoms with E-state index in [2.05, 4.69) is 111 Å². The topological polar surface area (TPSA) is 3.24 Å². The summed E-state index contributed by atoms with van der Waals surface area (Å²) in [5.41, 5.74) is 8.05. The van der Waals surface area contributed by atoms with Crippen molar-refractivity contribution in [2.24, 2.45) is 0 Å². The number of benzene rings is 2. The second kappa shape index (κ2) is 9.50. The third kappa shape index (κ3) is 3.99. The van der Waals surface area contributed by atoms with Gasteiger partial charge in [0.1, 0.15) is 0 Å². The summed E-state index contributed by atoms with van der Waals surface area (Å²) in [5, 5.41) is 4.56. The van der Waals surface area contributed by atoms with Gasteiger partial charge in [-0.25, -0.2) is 0 Å². The fraction of sp³-hybridized carbons (Fsp3) is 0.133. The molecule has 0 bridgehead atoms. The van der Waals surface area contributed by atoms with Gasteiger partial charge < -0.3 is 4.90 Å². The van der Waals surface area contributed by atoms with Crippen molar-refractivity contribution in [2.45, 2.75) is 24.7 Å². The summed E-state index contributed by atoms with van der Waals surface area (Å²) >= 11 is 1.75. The van der Waals surface area contributed by atoms with Gasteiger partial charge >= 0.3 is 0 Å². The van der Waals surface area contributed by atoms with Crippen LogP contribution in [0.1, 0.15) is 30.9 Å². The minimum Gasteiger partial charge on any atom is -0.349 e. The first-order valence-corrected chi connectivity index (χ1v) is 11.9. The van der Waals surface area contributed by atoms with Crippen LogP contribution < -0.4 is 4.90 Å². The molecule has 0 aromatic heterocycles. The molecule has 0 radical (unpaired) electrons. The lowest BCUT2D eigenvalue weighted by atomic mass is 9.88. The Bertz CT molecular complexity index is 1260. The van der Waals surface area contributed by atoms with E-state index in [1.807, 2.05) is 6.08 Å². The van der Waals surface area contributed by atoms with E-state index in [1.54, 1.807) is 11.8 Å². The van der Waals surface area contributed by atoms with Crippen LogP contribution in [0.25, 0.3) is 21.9 Å². The second-order valence-electron chi connectivity index (χ2n) is 8.04. The highest BCUT2D eigenvalue weighted by molar-refractivity contribution is 8.02. The molecule has 2 aliphatic heterocycles. The maximum atomic E-state index is 4.49. The van der Waals surface area contributed by atoms with Gasteiger partial charge in [-0.2, -0.15) is 0 Å². The van der Waals surface area contributed by atoms with Gasteiger partial charge in [0.15, 0.2) is 0 Å². The minimum atomic E-state index is 1.00. The van der Waals surface area contributed by atoms with Crippen LogP contribution in [0.2, 0.25) is 0 Å². The number of hydrogen-bond donors (Lipinski definition) is 0. The van der Waals surface area contributed by atoms with Crippen LogP contribution in [0.5, 0.6) is 0 Å². The summed E-state index contributed by atoms with van der Waals surface area (Å²) in [4.78, 5) is 3.47. The second-order valence-corrected chi connectivity index (χ2v) is 8.95. The molecule has 4 rings (SSSR count). The normalized spacial score (nSPS) is 20.8. The third-order valence-corrected chi connectivity index (χ3v) is 6.74. The number of anilines is 1.